The summed E-state index contributed by atoms with van der Waals surface area (Å²) in [5.41, 5.74) is 1.61. The molecule has 1 unspecified atom stereocenters. The average molecular weight is 489 g/mol. The maximum Gasteiger partial charge on any atom is 0.161 e. The smallest absolute Gasteiger partial charge is 0.161 e. The van der Waals surface area contributed by atoms with Crippen molar-refractivity contribution in [1.82, 2.24) is 9.80 Å². The van der Waals surface area contributed by atoms with Crippen LogP contribution < -0.4 is 9.47 Å². The van der Waals surface area contributed by atoms with Crippen LogP contribution >= 0.6 is 0 Å². The van der Waals surface area contributed by atoms with Gasteiger partial charge in [-0.25, -0.2) is 0 Å². The quantitative estimate of drug-likeness (QED) is 0.457. The zero-order chi connectivity index (χ0) is 25.0. The Bertz CT molecular complexity index is 1150. The highest BCUT2D eigenvalue weighted by molar-refractivity contribution is 5.82. The first-order valence-electron chi connectivity index (χ1n) is 13.5. The van der Waals surface area contributed by atoms with Crippen molar-refractivity contribution in [2.45, 2.75) is 50.2 Å². The fourth-order valence-corrected chi connectivity index (χ4v) is 5.90. The van der Waals surface area contributed by atoms with Gasteiger partial charge in [0.25, 0.3) is 0 Å². The molecule has 0 amide bonds. The Morgan fingerprint density at radius 2 is 1.61 bits per heavy atom. The lowest BCUT2D eigenvalue weighted by molar-refractivity contribution is -0.0337. The number of hydrogen-bond acceptors (Lipinski definition) is 5. The summed E-state index contributed by atoms with van der Waals surface area (Å²) in [6, 6.07) is 21.1. The molecule has 1 aliphatic heterocycles. The van der Waals surface area contributed by atoms with Crippen molar-refractivity contribution in [2.24, 2.45) is 0 Å². The van der Waals surface area contributed by atoms with Gasteiger partial charge in [-0.2, -0.15) is 0 Å². The highest BCUT2D eigenvalue weighted by Crippen LogP contribution is 2.42. The predicted octanol–water partition coefficient (Wildman–Crippen LogP) is 5.45. The van der Waals surface area contributed by atoms with Crippen molar-refractivity contribution in [2.75, 3.05) is 46.9 Å². The van der Waals surface area contributed by atoms with Crippen molar-refractivity contribution in [3.05, 3.63) is 71.8 Å². The number of rotatable bonds is 8. The van der Waals surface area contributed by atoms with Crippen LogP contribution in [0, 0.1) is 0 Å². The van der Waals surface area contributed by atoms with Crippen LogP contribution in [-0.2, 0) is 6.61 Å². The van der Waals surface area contributed by atoms with Crippen molar-refractivity contribution in [1.29, 1.82) is 0 Å². The maximum atomic E-state index is 11.8. The predicted molar refractivity (Wildman–Crippen MR) is 146 cm³/mol. The Balaban J connectivity index is 1.35. The second-order valence-corrected chi connectivity index (χ2v) is 10.7. The average Bonchev–Trinajstić information content (AvgIpc) is 2.91. The molecule has 1 N–H and O–H groups in total. The number of ether oxygens (including phenoxy) is 2. The molecule has 2 fully saturated rings. The minimum absolute atomic E-state index is 0.0599. The normalized spacial score (nSPS) is 19.8. The Kier molecular flexibility index (Phi) is 7.80. The molecule has 5 nitrogen and oxygen atoms in total. The van der Waals surface area contributed by atoms with E-state index in [1.54, 1.807) is 7.11 Å². The molecule has 0 spiro atoms. The van der Waals surface area contributed by atoms with Crippen LogP contribution in [0.5, 0.6) is 11.5 Å². The monoisotopic (exact) mass is 488 g/mol. The molecule has 5 heteroatoms. The van der Waals surface area contributed by atoms with Gasteiger partial charge in [0.05, 0.1) is 12.7 Å². The zero-order valence-electron chi connectivity index (χ0n) is 21.8. The second-order valence-electron chi connectivity index (χ2n) is 10.7. The molecule has 1 saturated carbocycles. The molecular weight excluding hydrogens is 448 g/mol. The molecule has 2 aliphatic rings. The van der Waals surface area contributed by atoms with Crippen LogP contribution in [0.1, 0.15) is 49.1 Å². The van der Waals surface area contributed by atoms with E-state index in [0.29, 0.717) is 6.61 Å². The second kappa shape index (κ2) is 11.2. The van der Waals surface area contributed by atoms with E-state index in [4.69, 9.17) is 9.47 Å². The Morgan fingerprint density at radius 1 is 0.861 bits per heavy atom. The van der Waals surface area contributed by atoms with E-state index in [0.717, 1.165) is 81.0 Å². The van der Waals surface area contributed by atoms with Crippen molar-refractivity contribution < 1.29 is 14.6 Å². The number of nitrogens with zero attached hydrogens (tertiary/aromatic N) is 2. The van der Waals surface area contributed by atoms with Crippen molar-refractivity contribution in [3.63, 3.8) is 0 Å². The van der Waals surface area contributed by atoms with Gasteiger partial charge in [-0.3, -0.25) is 0 Å². The molecular formula is C31H40N2O3. The lowest BCUT2D eigenvalue weighted by Crippen LogP contribution is -2.50. The maximum absolute atomic E-state index is 11.8. The summed E-state index contributed by atoms with van der Waals surface area (Å²) >= 11 is 0. The fraction of sp³-hybridized carbons (Fsp3) is 0.484. The van der Waals surface area contributed by atoms with Gasteiger partial charge < -0.3 is 24.4 Å². The summed E-state index contributed by atoms with van der Waals surface area (Å²) in [4.78, 5) is 4.90. The van der Waals surface area contributed by atoms with Gasteiger partial charge in [-0.15, -0.1) is 0 Å². The third kappa shape index (κ3) is 5.69. The number of aliphatic hydroxyl groups is 1. The summed E-state index contributed by atoms with van der Waals surface area (Å²) in [7, 11) is 3.89. The van der Waals surface area contributed by atoms with E-state index < -0.39 is 5.60 Å². The SMILES string of the molecule is COc1cc(C(CN2CCN(C)CC2)C2(O)CCCCC2)ccc1OCc1ccc2ccccc2c1. The van der Waals surface area contributed by atoms with Crippen molar-refractivity contribution >= 4 is 10.8 Å². The van der Waals surface area contributed by atoms with Crippen LogP contribution in [0.2, 0.25) is 0 Å². The van der Waals surface area contributed by atoms with E-state index in [2.05, 4.69) is 71.4 Å². The van der Waals surface area contributed by atoms with Gasteiger partial charge in [0.1, 0.15) is 6.61 Å². The minimum atomic E-state index is -0.667. The third-order valence-corrected chi connectivity index (χ3v) is 8.20. The van der Waals surface area contributed by atoms with E-state index in [1.165, 1.54) is 17.2 Å². The minimum Gasteiger partial charge on any atom is -0.493 e. The van der Waals surface area contributed by atoms with E-state index in [1.807, 2.05) is 6.07 Å². The van der Waals surface area contributed by atoms with Crippen LogP contribution in [0.3, 0.4) is 0 Å². The number of piperazine rings is 1. The first-order valence-corrected chi connectivity index (χ1v) is 13.5. The largest absolute Gasteiger partial charge is 0.493 e. The molecule has 1 heterocycles. The lowest BCUT2D eigenvalue weighted by atomic mass is 9.72. The highest BCUT2D eigenvalue weighted by Gasteiger charge is 2.40. The van der Waals surface area contributed by atoms with Gasteiger partial charge in [0.2, 0.25) is 0 Å². The molecule has 36 heavy (non-hydrogen) atoms. The van der Waals surface area contributed by atoms with Crippen LogP contribution in [0.15, 0.2) is 60.7 Å². The fourth-order valence-electron chi connectivity index (χ4n) is 5.90. The van der Waals surface area contributed by atoms with Gasteiger partial charge >= 0.3 is 0 Å². The summed E-state index contributed by atoms with van der Waals surface area (Å²) in [5.74, 6) is 1.53. The van der Waals surface area contributed by atoms with Crippen LogP contribution in [0.4, 0.5) is 0 Å². The first kappa shape index (κ1) is 25.1. The molecule has 0 aromatic heterocycles. The summed E-state index contributed by atoms with van der Waals surface area (Å²) in [6.07, 6.45) is 5.15. The number of likely N-dealkylation sites (N-methyl/N-ethyl adjacent to an activating group) is 1. The molecule has 0 radical (unpaired) electrons. The van der Waals surface area contributed by atoms with Gasteiger partial charge in [-0.1, -0.05) is 61.7 Å². The molecule has 0 bridgehead atoms. The molecule has 1 atom stereocenters. The van der Waals surface area contributed by atoms with Crippen LogP contribution in [0.25, 0.3) is 10.8 Å². The molecule has 3 aromatic carbocycles. The lowest BCUT2D eigenvalue weighted by Gasteiger charge is -2.43. The van der Waals surface area contributed by atoms with Crippen LogP contribution in [-0.4, -0.2) is 67.4 Å². The van der Waals surface area contributed by atoms with Gasteiger partial charge in [0.15, 0.2) is 11.5 Å². The molecule has 5 rings (SSSR count). The first-order chi connectivity index (χ1) is 17.5. The number of benzene rings is 3. The molecule has 1 aliphatic carbocycles. The Hall–Kier alpha value is -2.60. The topological polar surface area (TPSA) is 45.2 Å². The van der Waals surface area contributed by atoms with Gasteiger partial charge in [0, 0.05) is 38.6 Å². The molecule has 3 aromatic rings. The van der Waals surface area contributed by atoms with Crippen molar-refractivity contribution in [3.8, 4) is 11.5 Å². The number of methoxy groups -OCH3 is 1. The number of hydrogen-bond donors (Lipinski definition) is 1. The van der Waals surface area contributed by atoms with E-state index in [-0.39, 0.29) is 5.92 Å². The summed E-state index contributed by atoms with van der Waals surface area (Å²) in [6.45, 7) is 5.62. The molecule has 192 valence electrons. The van der Waals surface area contributed by atoms with E-state index in [9.17, 15) is 5.11 Å². The van der Waals surface area contributed by atoms with Gasteiger partial charge in [-0.05, 0) is 60.0 Å². The highest BCUT2D eigenvalue weighted by atomic mass is 16.5. The molecule has 1 saturated heterocycles. The van der Waals surface area contributed by atoms with E-state index >= 15 is 0 Å². The standard InChI is InChI=1S/C31H40N2O3/c1-32-16-18-33(19-17-32)22-28(31(34)14-6-3-7-15-31)27-12-13-29(30(21-27)35-2)36-23-24-10-11-25-8-4-5-9-26(25)20-24/h4-5,8-13,20-21,28,34H,3,6-7,14-19,22-23H2,1-2H3. The summed E-state index contributed by atoms with van der Waals surface area (Å²) < 4.78 is 12.0. The Labute approximate surface area is 215 Å². The third-order valence-electron chi connectivity index (χ3n) is 8.20. The Morgan fingerprint density at radius 3 is 2.36 bits per heavy atom. The number of fused-ring (bicyclic) bond motifs is 1. The summed E-state index contributed by atoms with van der Waals surface area (Å²) in [5, 5.41) is 14.3. The zero-order valence-corrected chi connectivity index (χ0v) is 21.8.